The Morgan fingerprint density at radius 1 is 1.24 bits per heavy atom. The van der Waals surface area contributed by atoms with Crippen molar-refractivity contribution in [1.29, 1.82) is 0 Å². The molecule has 0 radical (unpaired) electrons. The number of nitrogens with zero attached hydrogens (tertiary/aromatic N) is 1. The van der Waals surface area contributed by atoms with Crippen LogP contribution in [0, 0.1) is 0 Å². The van der Waals surface area contributed by atoms with Gasteiger partial charge in [-0.1, -0.05) is 12.1 Å². The zero-order valence-electron chi connectivity index (χ0n) is 10.8. The first-order chi connectivity index (χ1) is 8.31. The van der Waals surface area contributed by atoms with Crippen molar-refractivity contribution in [1.82, 2.24) is 5.32 Å². The summed E-state index contributed by atoms with van der Waals surface area (Å²) in [5.41, 5.74) is 2.63. The second-order valence-corrected chi connectivity index (χ2v) is 4.65. The van der Waals surface area contributed by atoms with Gasteiger partial charge in [0.15, 0.2) is 0 Å². The second kappa shape index (κ2) is 6.03. The molecule has 3 nitrogen and oxygen atoms in total. The lowest BCUT2D eigenvalue weighted by molar-refractivity contribution is 0.0855. The zero-order chi connectivity index (χ0) is 12.1. The normalized spacial score (nSPS) is 17.1. The first kappa shape index (κ1) is 12.4. The lowest BCUT2D eigenvalue weighted by atomic mass is 10.1. The molecular weight excluding hydrogens is 212 g/mol. The molecule has 0 aromatic heterocycles. The van der Waals surface area contributed by atoms with Crippen LogP contribution in [-0.2, 0) is 11.3 Å². The van der Waals surface area contributed by atoms with Gasteiger partial charge < -0.3 is 15.0 Å². The van der Waals surface area contributed by atoms with Crippen LogP contribution in [0.4, 0.5) is 5.69 Å². The molecule has 1 N–H and O–H groups in total. The van der Waals surface area contributed by atoms with E-state index in [1.54, 1.807) is 0 Å². The molecule has 0 bridgehead atoms. The standard InChI is InChI=1S/C14H22N2O/c1-15-11-12-3-5-13(6-4-12)16(2)14-7-9-17-10-8-14/h3-6,14-15H,7-11H2,1-2H3. The third-order valence-corrected chi connectivity index (χ3v) is 3.46. The van der Waals surface area contributed by atoms with Gasteiger partial charge in [0.05, 0.1) is 0 Å². The molecule has 0 unspecified atom stereocenters. The monoisotopic (exact) mass is 234 g/mol. The van der Waals surface area contributed by atoms with E-state index in [1.165, 1.54) is 11.3 Å². The van der Waals surface area contributed by atoms with E-state index in [1.807, 2.05) is 7.05 Å². The molecule has 1 fully saturated rings. The summed E-state index contributed by atoms with van der Waals surface area (Å²) >= 11 is 0. The molecule has 2 rings (SSSR count). The number of rotatable bonds is 4. The Morgan fingerprint density at radius 3 is 2.47 bits per heavy atom. The zero-order valence-corrected chi connectivity index (χ0v) is 10.8. The molecule has 1 aromatic rings. The van der Waals surface area contributed by atoms with E-state index in [-0.39, 0.29) is 0 Å². The van der Waals surface area contributed by atoms with Gasteiger partial charge in [-0.25, -0.2) is 0 Å². The summed E-state index contributed by atoms with van der Waals surface area (Å²) < 4.78 is 5.40. The van der Waals surface area contributed by atoms with Crippen LogP contribution < -0.4 is 10.2 Å². The highest BCUT2D eigenvalue weighted by Crippen LogP contribution is 2.21. The quantitative estimate of drug-likeness (QED) is 0.862. The van der Waals surface area contributed by atoms with E-state index in [2.05, 4.69) is 41.5 Å². The number of nitrogens with one attached hydrogen (secondary N) is 1. The molecule has 0 spiro atoms. The average molecular weight is 234 g/mol. The lowest BCUT2D eigenvalue weighted by Crippen LogP contribution is -2.36. The Balaban J connectivity index is 2.00. The van der Waals surface area contributed by atoms with Crippen molar-refractivity contribution in [2.24, 2.45) is 0 Å². The molecule has 1 heterocycles. The van der Waals surface area contributed by atoms with Crippen LogP contribution in [-0.4, -0.2) is 33.4 Å². The predicted octanol–water partition coefficient (Wildman–Crippen LogP) is 2.02. The largest absolute Gasteiger partial charge is 0.381 e. The molecule has 1 aromatic carbocycles. The van der Waals surface area contributed by atoms with Gasteiger partial charge >= 0.3 is 0 Å². The summed E-state index contributed by atoms with van der Waals surface area (Å²) in [6.45, 7) is 2.72. The van der Waals surface area contributed by atoms with Gasteiger partial charge in [0.2, 0.25) is 0 Å². The van der Waals surface area contributed by atoms with Crippen LogP contribution in [0.2, 0.25) is 0 Å². The molecule has 0 aliphatic carbocycles. The molecule has 3 heteroatoms. The van der Waals surface area contributed by atoms with Crippen molar-refractivity contribution in [3.8, 4) is 0 Å². The summed E-state index contributed by atoms with van der Waals surface area (Å²) in [6.07, 6.45) is 2.27. The molecule has 1 saturated heterocycles. The van der Waals surface area contributed by atoms with E-state index in [0.29, 0.717) is 6.04 Å². The number of anilines is 1. The molecule has 17 heavy (non-hydrogen) atoms. The average Bonchev–Trinajstić information content (AvgIpc) is 2.40. The lowest BCUT2D eigenvalue weighted by Gasteiger charge is -2.33. The Kier molecular flexibility index (Phi) is 4.40. The van der Waals surface area contributed by atoms with Gasteiger partial charge in [0.25, 0.3) is 0 Å². The summed E-state index contributed by atoms with van der Waals surface area (Å²) in [7, 11) is 4.16. The van der Waals surface area contributed by atoms with Crippen LogP contribution in [0.1, 0.15) is 18.4 Å². The smallest absolute Gasteiger partial charge is 0.0485 e. The van der Waals surface area contributed by atoms with Crippen LogP contribution in [0.3, 0.4) is 0 Å². The highest BCUT2D eigenvalue weighted by atomic mass is 16.5. The van der Waals surface area contributed by atoms with Gasteiger partial charge in [-0.2, -0.15) is 0 Å². The molecular formula is C14H22N2O. The van der Waals surface area contributed by atoms with Crippen molar-refractivity contribution in [3.63, 3.8) is 0 Å². The van der Waals surface area contributed by atoms with E-state index >= 15 is 0 Å². The minimum absolute atomic E-state index is 0.624. The summed E-state index contributed by atoms with van der Waals surface area (Å²) in [4.78, 5) is 2.38. The van der Waals surface area contributed by atoms with E-state index in [0.717, 1.165) is 32.6 Å². The first-order valence-corrected chi connectivity index (χ1v) is 6.35. The topological polar surface area (TPSA) is 24.5 Å². The van der Waals surface area contributed by atoms with Crippen LogP contribution in [0.5, 0.6) is 0 Å². The highest BCUT2D eigenvalue weighted by Gasteiger charge is 2.18. The molecule has 1 aliphatic heterocycles. The van der Waals surface area contributed by atoms with Crippen molar-refractivity contribution in [3.05, 3.63) is 29.8 Å². The van der Waals surface area contributed by atoms with Crippen molar-refractivity contribution in [2.45, 2.75) is 25.4 Å². The number of hydrogen-bond donors (Lipinski definition) is 1. The summed E-state index contributed by atoms with van der Waals surface area (Å²) in [5.74, 6) is 0. The molecule has 1 aliphatic rings. The third-order valence-electron chi connectivity index (χ3n) is 3.46. The first-order valence-electron chi connectivity index (χ1n) is 6.35. The van der Waals surface area contributed by atoms with Crippen LogP contribution in [0.15, 0.2) is 24.3 Å². The maximum atomic E-state index is 5.40. The summed E-state index contributed by atoms with van der Waals surface area (Å²) in [6, 6.07) is 9.44. The second-order valence-electron chi connectivity index (χ2n) is 4.65. The third kappa shape index (κ3) is 3.20. The van der Waals surface area contributed by atoms with Crippen molar-refractivity contribution >= 4 is 5.69 Å². The Morgan fingerprint density at radius 2 is 1.88 bits per heavy atom. The van der Waals surface area contributed by atoms with Crippen LogP contribution in [0.25, 0.3) is 0 Å². The Hall–Kier alpha value is -1.06. The van der Waals surface area contributed by atoms with Crippen LogP contribution >= 0.6 is 0 Å². The van der Waals surface area contributed by atoms with Gasteiger partial charge in [0.1, 0.15) is 0 Å². The maximum absolute atomic E-state index is 5.40. The Bertz CT molecular complexity index is 331. The van der Waals surface area contributed by atoms with Gasteiger partial charge in [0, 0.05) is 38.5 Å². The van der Waals surface area contributed by atoms with Gasteiger partial charge in [-0.15, -0.1) is 0 Å². The fourth-order valence-corrected chi connectivity index (χ4v) is 2.34. The van der Waals surface area contributed by atoms with E-state index < -0.39 is 0 Å². The van der Waals surface area contributed by atoms with Gasteiger partial charge in [-0.3, -0.25) is 0 Å². The fourth-order valence-electron chi connectivity index (χ4n) is 2.34. The van der Waals surface area contributed by atoms with Crippen molar-refractivity contribution < 1.29 is 4.74 Å². The fraction of sp³-hybridized carbons (Fsp3) is 0.571. The Labute approximate surface area is 104 Å². The minimum atomic E-state index is 0.624. The summed E-state index contributed by atoms with van der Waals surface area (Å²) in [5, 5.41) is 3.17. The predicted molar refractivity (Wildman–Crippen MR) is 71.4 cm³/mol. The minimum Gasteiger partial charge on any atom is -0.381 e. The van der Waals surface area contributed by atoms with Crippen molar-refractivity contribution in [2.75, 3.05) is 32.2 Å². The molecule has 0 saturated carbocycles. The molecule has 0 amide bonds. The van der Waals surface area contributed by atoms with E-state index in [4.69, 9.17) is 4.74 Å². The number of hydrogen-bond acceptors (Lipinski definition) is 3. The molecule has 0 atom stereocenters. The molecule has 94 valence electrons. The number of ether oxygens (including phenoxy) is 1. The van der Waals surface area contributed by atoms with Gasteiger partial charge in [-0.05, 0) is 37.6 Å². The highest BCUT2D eigenvalue weighted by molar-refractivity contribution is 5.47. The van der Waals surface area contributed by atoms with E-state index in [9.17, 15) is 0 Å². The maximum Gasteiger partial charge on any atom is 0.0485 e. The number of benzene rings is 1. The SMILES string of the molecule is CNCc1ccc(N(C)C2CCOCC2)cc1.